The molecule has 3 aromatic rings. The first-order chi connectivity index (χ1) is 13.4. The fourth-order valence-electron chi connectivity index (χ4n) is 2.60. The Kier molecular flexibility index (Phi) is 6.18. The molecule has 28 heavy (non-hydrogen) atoms. The summed E-state index contributed by atoms with van der Waals surface area (Å²) in [7, 11) is 4.02. The maximum Gasteiger partial charge on any atom is 0.269 e. The smallest absolute Gasteiger partial charge is 0.269 e. The number of non-ortho nitro benzene ring substituents is 1. The van der Waals surface area contributed by atoms with Gasteiger partial charge in [-0.15, -0.1) is 0 Å². The number of nitro benzene ring substituents is 1. The number of halogens is 1. The molecule has 0 aliphatic rings. The van der Waals surface area contributed by atoms with Gasteiger partial charge >= 0.3 is 0 Å². The number of nitro groups is 1. The number of nitrogens with one attached hydrogen (secondary N) is 1. The molecule has 144 valence electrons. The molecule has 1 N–H and O–H groups in total. The average molecular weight is 398 g/mol. The van der Waals surface area contributed by atoms with Gasteiger partial charge in [0.2, 0.25) is 0 Å². The quantitative estimate of drug-likeness (QED) is 0.471. The lowest BCUT2D eigenvalue weighted by molar-refractivity contribution is -0.384. The summed E-state index contributed by atoms with van der Waals surface area (Å²) in [4.78, 5) is 21.6. The average Bonchev–Trinajstić information content (AvgIpc) is 2.66. The van der Waals surface area contributed by atoms with Gasteiger partial charge in [0.25, 0.3) is 5.69 Å². The van der Waals surface area contributed by atoms with Gasteiger partial charge < -0.3 is 10.2 Å². The molecule has 0 bridgehead atoms. The second-order valence-corrected chi connectivity index (χ2v) is 6.94. The third kappa shape index (κ3) is 5.03. The molecular weight excluding hydrogens is 378 g/mol. The summed E-state index contributed by atoms with van der Waals surface area (Å²) in [6.07, 6.45) is 3.61. The number of hydrogen-bond acceptors (Lipinski definition) is 6. The summed E-state index contributed by atoms with van der Waals surface area (Å²) >= 11 is 6.14. The van der Waals surface area contributed by atoms with E-state index in [1.54, 1.807) is 24.3 Å². The van der Waals surface area contributed by atoms with E-state index in [9.17, 15) is 10.1 Å². The van der Waals surface area contributed by atoms with Crippen LogP contribution >= 0.6 is 11.6 Å². The van der Waals surface area contributed by atoms with Crippen LogP contribution in [0.5, 0.6) is 0 Å². The lowest BCUT2D eigenvalue weighted by Gasteiger charge is -2.13. The van der Waals surface area contributed by atoms with Crippen LogP contribution in [0.1, 0.15) is 11.4 Å². The van der Waals surface area contributed by atoms with Crippen molar-refractivity contribution in [2.45, 2.75) is 0 Å². The van der Waals surface area contributed by atoms with E-state index < -0.39 is 4.92 Å². The minimum atomic E-state index is -0.420. The zero-order valence-electron chi connectivity index (χ0n) is 15.6. The van der Waals surface area contributed by atoms with Crippen molar-refractivity contribution in [1.82, 2.24) is 14.9 Å². The molecule has 0 saturated carbocycles. The highest BCUT2D eigenvalue weighted by Crippen LogP contribution is 2.24. The maximum atomic E-state index is 10.8. The van der Waals surface area contributed by atoms with Crippen molar-refractivity contribution in [2.24, 2.45) is 0 Å². The third-order valence-electron chi connectivity index (χ3n) is 4.06. The van der Waals surface area contributed by atoms with Crippen LogP contribution < -0.4 is 5.32 Å². The molecule has 8 heteroatoms. The molecule has 0 aliphatic heterocycles. The number of nitrogens with zero attached hydrogens (tertiary/aromatic N) is 4. The molecule has 0 fully saturated rings. The second kappa shape index (κ2) is 8.77. The van der Waals surface area contributed by atoms with E-state index in [1.807, 2.05) is 32.3 Å². The predicted molar refractivity (Wildman–Crippen MR) is 114 cm³/mol. The van der Waals surface area contributed by atoms with E-state index >= 15 is 0 Å². The highest BCUT2D eigenvalue weighted by atomic mass is 35.5. The van der Waals surface area contributed by atoms with Crippen molar-refractivity contribution in [2.75, 3.05) is 32.5 Å². The molecule has 1 aromatic heterocycles. The maximum absolute atomic E-state index is 10.8. The van der Waals surface area contributed by atoms with Crippen LogP contribution in [0.25, 0.3) is 23.1 Å². The summed E-state index contributed by atoms with van der Waals surface area (Å²) in [6.45, 7) is 1.59. The summed E-state index contributed by atoms with van der Waals surface area (Å²) in [6, 6.07) is 11.8. The van der Waals surface area contributed by atoms with Gasteiger partial charge in [-0.05, 0) is 56.1 Å². The molecule has 0 saturated heterocycles. The summed E-state index contributed by atoms with van der Waals surface area (Å²) < 4.78 is 0. The SMILES string of the molecule is CN(C)CCNc1nc(/C=C/c2ccc([N+](=O)[O-])cc2)nc2ccc(Cl)cc12. The van der Waals surface area contributed by atoms with E-state index in [0.717, 1.165) is 35.4 Å². The lowest BCUT2D eigenvalue weighted by atomic mass is 10.2. The van der Waals surface area contributed by atoms with Gasteiger partial charge in [0.15, 0.2) is 5.82 Å². The van der Waals surface area contributed by atoms with Crippen LogP contribution in [-0.2, 0) is 0 Å². The Hall–Kier alpha value is -3.03. The largest absolute Gasteiger partial charge is 0.368 e. The topological polar surface area (TPSA) is 84.2 Å². The molecule has 1 heterocycles. The standard InChI is InChI=1S/C20H20ClN5O2/c1-25(2)12-11-22-20-17-13-15(21)6-9-18(17)23-19(24-20)10-5-14-3-7-16(8-4-14)26(27)28/h3-10,13H,11-12H2,1-2H3,(H,22,23,24)/b10-5+. The number of fused-ring (bicyclic) bond motifs is 1. The van der Waals surface area contributed by atoms with Crippen LogP contribution in [0.15, 0.2) is 42.5 Å². The number of rotatable bonds is 7. The number of hydrogen-bond donors (Lipinski definition) is 1. The Labute approximate surface area is 167 Å². The van der Waals surface area contributed by atoms with Crippen molar-refractivity contribution in [3.05, 3.63) is 69.0 Å². The molecule has 0 aliphatic carbocycles. The zero-order valence-corrected chi connectivity index (χ0v) is 16.3. The van der Waals surface area contributed by atoms with Gasteiger partial charge in [-0.3, -0.25) is 10.1 Å². The monoisotopic (exact) mass is 397 g/mol. The van der Waals surface area contributed by atoms with Crippen molar-refractivity contribution in [3.63, 3.8) is 0 Å². The van der Waals surface area contributed by atoms with Gasteiger partial charge in [0, 0.05) is 35.6 Å². The molecule has 2 aromatic carbocycles. The molecular formula is C20H20ClN5O2. The van der Waals surface area contributed by atoms with E-state index in [-0.39, 0.29) is 5.69 Å². The van der Waals surface area contributed by atoms with E-state index in [2.05, 4.69) is 20.2 Å². The van der Waals surface area contributed by atoms with E-state index in [0.29, 0.717) is 10.8 Å². The number of anilines is 1. The zero-order chi connectivity index (χ0) is 20.1. The Morgan fingerprint density at radius 1 is 1.14 bits per heavy atom. The van der Waals surface area contributed by atoms with E-state index in [4.69, 9.17) is 11.6 Å². The first-order valence-corrected chi connectivity index (χ1v) is 9.08. The second-order valence-electron chi connectivity index (χ2n) is 6.50. The highest BCUT2D eigenvalue weighted by Gasteiger charge is 2.08. The molecule has 3 rings (SSSR count). The van der Waals surface area contributed by atoms with Gasteiger partial charge in [0.1, 0.15) is 5.82 Å². The first-order valence-electron chi connectivity index (χ1n) is 8.71. The number of aromatic nitrogens is 2. The van der Waals surface area contributed by atoms with Crippen LogP contribution in [0.3, 0.4) is 0 Å². The number of benzene rings is 2. The minimum Gasteiger partial charge on any atom is -0.368 e. The van der Waals surface area contributed by atoms with Crippen LogP contribution in [0.2, 0.25) is 5.02 Å². The third-order valence-corrected chi connectivity index (χ3v) is 4.29. The Balaban J connectivity index is 1.89. The van der Waals surface area contributed by atoms with Gasteiger partial charge in [0.05, 0.1) is 10.4 Å². The van der Waals surface area contributed by atoms with E-state index in [1.165, 1.54) is 12.1 Å². The van der Waals surface area contributed by atoms with Gasteiger partial charge in [-0.2, -0.15) is 0 Å². The van der Waals surface area contributed by atoms with Crippen molar-refractivity contribution >= 4 is 46.2 Å². The van der Waals surface area contributed by atoms with Gasteiger partial charge in [-0.1, -0.05) is 17.7 Å². The summed E-state index contributed by atoms with van der Waals surface area (Å²) in [5, 5.41) is 15.6. The fourth-order valence-corrected chi connectivity index (χ4v) is 2.78. The molecule has 7 nitrogen and oxygen atoms in total. The van der Waals surface area contributed by atoms with Crippen LogP contribution in [0, 0.1) is 10.1 Å². The highest BCUT2D eigenvalue weighted by molar-refractivity contribution is 6.31. The van der Waals surface area contributed by atoms with Crippen LogP contribution in [-0.4, -0.2) is 47.0 Å². The van der Waals surface area contributed by atoms with Crippen molar-refractivity contribution in [3.8, 4) is 0 Å². The van der Waals surface area contributed by atoms with Crippen molar-refractivity contribution < 1.29 is 4.92 Å². The Bertz CT molecular complexity index is 1020. The molecule has 0 atom stereocenters. The number of likely N-dealkylation sites (N-methyl/N-ethyl adjacent to an activating group) is 1. The fraction of sp³-hybridized carbons (Fsp3) is 0.200. The van der Waals surface area contributed by atoms with Gasteiger partial charge in [-0.25, -0.2) is 9.97 Å². The van der Waals surface area contributed by atoms with Crippen molar-refractivity contribution in [1.29, 1.82) is 0 Å². The summed E-state index contributed by atoms with van der Waals surface area (Å²) in [5.74, 6) is 1.26. The molecule has 0 spiro atoms. The first kappa shape index (κ1) is 19.7. The normalized spacial score (nSPS) is 11.4. The Morgan fingerprint density at radius 3 is 2.57 bits per heavy atom. The summed E-state index contributed by atoms with van der Waals surface area (Å²) in [5.41, 5.74) is 1.67. The Morgan fingerprint density at radius 2 is 1.89 bits per heavy atom. The lowest BCUT2D eigenvalue weighted by Crippen LogP contribution is -2.21. The molecule has 0 unspecified atom stereocenters. The molecule has 0 amide bonds. The molecule has 0 radical (unpaired) electrons. The van der Waals surface area contributed by atoms with Crippen LogP contribution in [0.4, 0.5) is 11.5 Å². The predicted octanol–water partition coefficient (Wildman–Crippen LogP) is 4.34. The minimum absolute atomic E-state index is 0.0587.